The summed E-state index contributed by atoms with van der Waals surface area (Å²) in [6, 6.07) is 0. The third-order valence-corrected chi connectivity index (χ3v) is 3.09. The molecule has 0 saturated heterocycles. The molecule has 0 aromatic carbocycles. The van der Waals surface area contributed by atoms with Crippen LogP contribution in [0, 0.1) is 5.41 Å². The fraction of sp³-hybridized carbons (Fsp3) is 0.692. The quantitative estimate of drug-likeness (QED) is 0.381. The fourth-order valence-corrected chi connectivity index (χ4v) is 1.76. The van der Waals surface area contributed by atoms with E-state index < -0.39 is 5.41 Å². The summed E-state index contributed by atoms with van der Waals surface area (Å²) in [6.45, 7) is 6.74. The second-order valence-corrected chi connectivity index (χ2v) is 4.54. The number of carbonyl (C=O) groups excluding carboxylic acids is 2. The van der Waals surface area contributed by atoms with Crippen LogP contribution in [-0.4, -0.2) is 24.9 Å². The van der Waals surface area contributed by atoms with Gasteiger partial charge in [-0.05, 0) is 19.3 Å². The minimum absolute atomic E-state index is 0.116. The Morgan fingerprint density at radius 3 is 2.41 bits per heavy atom. The number of amides is 2. The first-order valence-electron chi connectivity index (χ1n) is 6.35. The lowest BCUT2D eigenvalue weighted by Gasteiger charge is -2.14. The average Bonchev–Trinajstić information content (AvgIpc) is 3.12. The van der Waals surface area contributed by atoms with Crippen molar-refractivity contribution in [3.63, 3.8) is 0 Å². The zero-order chi connectivity index (χ0) is 12.7. The van der Waals surface area contributed by atoms with Gasteiger partial charge >= 0.3 is 0 Å². The summed E-state index contributed by atoms with van der Waals surface area (Å²) in [5.74, 6) is -0.277. The topological polar surface area (TPSA) is 58.2 Å². The van der Waals surface area contributed by atoms with Crippen LogP contribution in [0.15, 0.2) is 12.7 Å². The Hall–Kier alpha value is -1.32. The molecule has 0 heterocycles. The molecule has 0 aromatic rings. The van der Waals surface area contributed by atoms with Crippen LogP contribution in [0.1, 0.15) is 39.0 Å². The van der Waals surface area contributed by atoms with Crippen LogP contribution in [0.2, 0.25) is 0 Å². The smallest absolute Gasteiger partial charge is 0.235 e. The van der Waals surface area contributed by atoms with Crippen molar-refractivity contribution in [1.29, 1.82) is 0 Å². The molecule has 0 spiro atoms. The lowest BCUT2D eigenvalue weighted by Crippen LogP contribution is -2.43. The molecule has 0 radical (unpaired) electrons. The van der Waals surface area contributed by atoms with E-state index in [2.05, 4.69) is 24.1 Å². The van der Waals surface area contributed by atoms with Crippen molar-refractivity contribution in [2.45, 2.75) is 39.0 Å². The summed E-state index contributed by atoms with van der Waals surface area (Å²) in [6.07, 6.45) is 6.15. The van der Waals surface area contributed by atoms with Gasteiger partial charge in [0.1, 0.15) is 5.41 Å². The number of unbranched alkanes of at least 4 members (excludes halogenated alkanes) is 2. The van der Waals surface area contributed by atoms with E-state index in [1.807, 2.05) is 0 Å². The monoisotopic (exact) mass is 238 g/mol. The van der Waals surface area contributed by atoms with Crippen LogP contribution in [0.3, 0.4) is 0 Å². The maximum absolute atomic E-state index is 11.9. The molecule has 1 aliphatic rings. The Labute approximate surface area is 103 Å². The molecule has 2 N–H and O–H groups in total. The van der Waals surface area contributed by atoms with E-state index in [9.17, 15) is 9.59 Å². The van der Waals surface area contributed by atoms with Gasteiger partial charge in [-0.2, -0.15) is 0 Å². The van der Waals surface area contributed by atoms with E-state index in [1.54, 1.807) is 6.08 Å². The molecule has 0 aromatic heterocycles. The summed E-state index contributed by atoms with van der Waals surface area (Å²) in [4.78, 5) is 23.7. The number of carbonyl (C=O) groups is 2. The second kappa shape index (κ2) is 6.42. The van der Waals surface area contributed by atoms with Gasteiger partial charge in [0.25, 0.3) is 0 Å². The van der Waals surface area contributed by atoms with Gasteiger partial charge in [0.15, 0.2) is 0 Å². The van der Waals surface area contributed by atoms with Gasteiger partial charge < -0.3 is 10.6 Å². The molecule has 1 aliphatic carbocycles. The maximum Gasteiger partial charge on any atom is 0.235 e. The zero-order valence-electron chi connectivity index (χ0n) is 10.6. The molecular weight excluding hydrogens is 216 g/mol. The highest BCUT2D eigenvalue weighted by atomic mass is 16.2. The number of nitrogens with one attached hydrogen (secondary N) is 2. The van der Waals surface area contributed by atoms with E-state index in [1.165, 1.54) is 0 Å². The maximum atomic E-state index is 11.9. The van der Waals surface area contributed by atoms with E-state index in [0.29, 0.717) is 25.9 Å². The van der Waals surface area contributed by atoms with Crippen molar-refractivity contribution in [3.8, 4) is 0 Å². The third kappa shape index (κ3) is 3.58. The molecule has 1 rings (SSSR count). The Morgan fingerprint density at radius 1 is 1.24 bits per heavy atom. The highest BCUT2D eigenvalue weighted by molar-refractivity contribution is 6.07. The molecule has 4 nitrogen and oxygen atoms in total. The van der Waals surface area contributed by atoms with Gasteiger partial charge in [-0.15, -0.1) is 6.58 Å². The molecule has 0 unspecified atom stereocenters. The van der Waals surface area contributed by atoms with E-state index in [0.717, 1.165) is 19.3 Å². The van der Waals surface area contributed by atoms with E-state index in [-0.39, 0.29) is 11.8 Å². The summed E-state index contributed by atoms with van der Waals surface area (Å²) in [5, 5.41) is 5.55. The van der Waals surface area contributed by atoms with Crippen molar-refractivity contribution < 1.29 is 9.59 Å². The Kier molecular flexibility index (Phi) is 5.19. The summed E-state index contributed by atoms with van der Waals surface area (Å²) in [5.41, 5.74) is -0.783. The molecule has 0 aliphatic heterocycles. The van der Waals surface area contributed by atoms with Gasteiger partial charge in [-0.3, -0.25) is 9.59 Å². The van der Waals surface area contributed by atoms with Gasteiger partial charge in [-0.25, -0.2) is 0 Å². The standard InChI is InChI=1S/C13H22N2O2/c1-3-5-6-10-15-12(17)13(7-8-13)11(16)14-9-4-2/h4H,2-3,5-10H2,1H3,(H,14,16)(H,15,17). The molecule has 96 valence electrons. The van der Waals surface area contributed by atoms with Crippen LogP contribution in [0.5, 0.6) is 0 Å². The van der Waals surface area contributed by atoms with Crippen LogP contribution in [0.25, 0.3) is 0 Å². The van der Waals surface area contributed by atoms with Gasteiger partial charge in [0.2, 0.25) is 11.8 Å². The third-order valence-electron chi connectivity index (χ3n) is 3.09. The highest BCUT2D eigenvalue weighted by Crippen LogP contribution is 2.46. The lowest BCUT2D eigenvalue weighted by atomic mass is 10.1. The lowest BCUT2D eigenvalue weighted by molar-refractivity contribution is -0.137. The number of hydrogen-bond donors (Lipinski definition) is 2. The molecule has 1 fully saturated rings. The average molecular weight is 238 g/mol. The molecular formula is C13H22N2O2. The predicted molar refractivity (Wildman–Crippen MR) is 67.4 cm³/mol. The van der Waals surface area contributed by atoms with Crippen molar-refractivity contribution in [2.75, 3.05) is 13.1 Å². The molecule has 2 amide bonds. The minimum Gasteiger partial charge on any atom is -0.355 e. The zero-order valence-corrected chi connectivity index (χ0v) is 10.6. The van der Waals surface area contributed by atoms with Crippen LogP contribution in [-0.2, 0) is 9.59 Å². The summed E-state index contributed by atoms with van der Waals surface area (Å²) < 4.78 is 0. The van der Waals surface area contributed by atoms with Gasteiger partial charge in [0.05, 0.1) is 0 Å². The van der Waals surface area contributed by atoms with Crippen molar-refractivity contribution in [2.24, 2.45) is 5.41 Å². The second-order valence-electron chi connectivity index (χ2n) is 4.54. The van der Waals surface area contributed by atoms with Crippen LogP contribution in [0.4, 0.5) is 0 Å². The predicted octanol–water partition coefficient (Wildman–Crippen LogP) is 1.38. The molecule has 4 heteroatoms. The van der Waals surface area contributed by atoms with E-state index in [4.69, 9.17) is 0 Å². The van der Waals surface area contributed by atoms with Gasteiger partial charge in [-0.1, -0.05) is 25.8 Å². The molecule has 1 saturated carbocycles. The normalized spacial score (nSPS) is 16.1. The van der Waals surface area contributed by atoms with Crippen molar-refractivity contribution in [3.05, 3.63) is 12.7 Å². The summed E-state index contributed by atoms with van der Waals surface area (Å²) in [7, 11) is 0. The highest BCUT2D eigenvalue weighted by Gasteiger charge is 2.56. The Bertz CT molecular complexity index is 296. The first-order chi connectivity index (χ1) is 8.17. The fourth-order valence-electron chi connectivity index (χ4n) is 1.76. The first-order valence-corrected chi connectivity index (χ1v) is 6.35. The van der Waals surface area contributed by atoms with Crippen LogP contribution >= 0.6 is 0 Å². The molecule has 17 heavy (non-hydrogen) atoms. The van der Waals surface area contributed by atoms with E-state index >= 15 is 0 Å². The SMILES string of the molecule is C=CCNC(=O)C1(C(=O)NCCCCC)CC1. The number of hydrogen-bond acceptors (Lipinski definition) is 2. The largest absolute Gasteiger partial charge is 0.355 e. The first kappa shape index (κ1) is 13.7. The Balaban J connectivity index is 2.34. The van der Waals surface area contributed by atoms with Gasteiger partial charge in [0, 0.05) is 13.1 Å². The summed E-state index contributed by atoms with van der Waals surface area (Å²) >= 11 is 0. The molecule has 0 bridgehead atoms. The molecule has 0 atom stereocenters. The van der Waals surface area contributed by atoms with Crippen molar-refractivity contribution >= 4 is 11.8 Å². The Morgan fingerprint density at radius 2 is 1.88 bits per heavy atom. The number of rotatable bonds is 8. The van der Waals surface area contributed by atoms with Crippen molar-refractivity contribution in [1.82, 2.24) is 10.6 Å². The minimum atomic E-state index is -0.783. The van der Waals surface area contributed by atoms with Crippen LogP contribution < -0.4 is 10.6 Å².